The first-order valence-electron chi connectivity index (χ1n) is 11.4. The highest BCUT2D eigenvalue weighted by Crippen LogP contribution is 2.45. The molecule has 3 heterocycles. The van der Waals surface area contributed by atoms with E-state index >= 15 is 0 Å². The van der Waals surface area contributed by atoms with E-state index in [-0.39, 0.29) is 17.5 Å². The second-order valence-corrected chi connectivity index (χ2v) is 9.05. The van der Waals surface area contributed by atoms with E-state index in [0.717, 1.165) is 40.7 Å². The van der Waals surface area contributed by atoms with Gasteiger partial charge in [-0.25, -0.2) is 9.37 Å². The molecule has 7 heteroatoms. The van der Waals surface area contributed by atoms with Crippen LogP contribution in [0.15, 0.2) is 36.4 Å². The van der Waals surface area contributed by atoms with Crippen molar-refractivity contribution in [3.05, 3.63) is 53.3 Å². The molecule has 3 aromatic rings. The molecule has 0 spiro atoms. The first-order valence-corrected chi connectivity index (χ1v) is 11.4. The Kier molecular flexibility index (Phi) is 5.66. The fraction of sp³-hybridized carbons (Fsp3) is 0.385. The maximum Gasteiger partial charge on any atom is 0.308 e. The average molecular weight is 451 g/mol. The minimum atomic E-state index is -0.794. The Bertz CT molecular complexity index is 1220. The molecule has 2 saturated heterocycles. The number of halogens is 1. The third-order valence-corrected chi connectivity index (χ3v) is 6.90. The van der Waals surface area contributed by atoms with Gasteiger partial charge in [-0.05, 0) is 73.1 Å². The number of aryl methyl sites for hydroxylation is 1. The summed E-state index contributed by atoms with van der Waals surface area (Å²) in [6.07, 6.45) is 2.23. The number of carboxylic acid groups (broad SMARTS) is 1. The Labute approximate surface area is 191 Å². The van der Waals surface area contributed by atoms with Crippen molar-refractivity contribution in [2.45, 2.75) is 32.1 Å². The molecule has 0 saturated carbocycles. The summed E-state index contributed by atoms with van der Waals surface area (Å²) in [6.45, 7) is 4.05. The van der Waals surface area contributed by atoms with Crippen molar-refractivity contribution in [2.24, 2.45) is 5.92 Å². The molecule has 5 rings (SSSR count). The van der Waals surface area contributed by atoms with Crippen molar-refractivity contribution in [1.29, 1.82) is 0 Å². The predicted octanol–water partition coefficient (Wildman–Crippen LogP) is 4.86. The molecule has 0 bridgehead atoms. The first kappa shape index (κ1) is 21.6. The molecule has 2 aliphatic rings. The van der Waals surface area contributed by atoms with Crippen molar-refractivity contribution in [3.63, 3.8) is 0 Å². The van der Waals surface area contributed by atoms with E-state index in [9.17, 15) is 19.4 Å². The van der Waals surface area contributed by atoms with Crippen molar-refractivity contribution in [1.82, 2.24) is 4.98 Å². The summed E-state index contributed by atoms with van der Waals surface area (Å²) in [7, 11) is 0. The first-order chi connectivity index (χ1) is 15.9. The quantitative estimate of drug-likeness (QED) is 0.591. The zero-order chi connectivity index (χ0) is 23.1. The number of anilines is 1. The lowest BCUT2D eigenvalue weighted by molar-refractivity contribution is -0.140. The maximum atomic E-state index is 14.2. The van der Waals surface area contributed by atoms with Gasteiger partial charge in [0.15, 0.2) is 0 Å². The molecule has 2 fully saturated rings. The van der Waals surface area contributed by atoms with Gasteiger partial charge in [0.2, 0.25) is 0 Å². The number of pyridine rings is 1. The molecule has 1 aromatic heterocycles. The molecule has 6 nitrogen and oxygen atoms in total. The van der Waals surface area contributed by atoms with Crippen LogP contribution in [0, 0.1) is 18.7 Å². The molecule has 172 valence electrons. The van der Waals surface area contributed by atoms with Crippen molar-refractivity contribution in [3.8, 4) is 16.9 Å². The number of phenols is 1. The fourth-order valence-electron chi connectivity index (χ4n) is 5.13. The van der Waals surface area contributed by atoms with Gasteiger partial charge >= 0.3 is 5.97 Å². The summed E-state index contributed by atoms with van der Waals surface area (Å²) in [5, 5.41) is 20.6. The van der Waals surface area contributed by atoms with Crippen LogP contribution >= 0.6 is 0 Å². The highest BCUT2D eigenvalue weighted by molar-refractivity contribution is 5.99. The molecule has 0 radical (unpaired) electrons. The zero-order valence-corrected chi connectivity index (χ0v) is 18.6. The number of carbonyl (C=O) groups is 1. The van der Waals surface area contributed by atoms with Gasteiger partial charge in [0, 0.05) is 43.3 Å². The second-order valence-electron chi connectivity index (χ2n) is 9.05. The van der Waals surface area contributed by atoms with Crippen LogP contribution in [0.1, 0.15) is 36.3 Å². The number of carboxylic acids is 1. The number of aromatic nitrogens is 1. The average Bonchev–Trinajstić information content (AvgIpc) is 3.31. The molecule has 33 heavy (non-hydrogen) atoms. The summed E-state index contributed by atoms with van der Waals surface area (Å²) in [5.74, 6) is -0.426. The Balaban J connectivity index is 1.79. The number of hydrogen-bond donors (Lipinski definition) is 2. The number of aromatic hydroxyl groups is 1. The van der Waals surface area contributed by atoms with E-state index in [2.05, 4.69) is 4.90 Å². The SMILES string of the molecule is Cc1cc(-c2c(C3CCOCC3)c(N3CC[C@@H](C(=O)O)C3)nc3cc(O)ccc23)ccc1F. The molecule has 2 N–H and O–H groups in total. The van der Waals surface area contributed by atoms with E-state index in [1.165, 1.54) is 6.07 Å². The van der Waals surface area contributed by atoms with Gasteiger partial charge in [0.05, 0.1) is 11.4 Å². The van der Waals surface area contributed by atoms with E-state index in [1.54, 1.807) is 25.1 Å². The van der Waals surface area contributed by atoms with Crippen LogP contribution in [0.3, 0.4) is 0 Å². The monoisotopic (exact) mass is 450 g/mol. The minimum Gasteiger partial charge on any atom is -0.508 e. The standard InChI is InChI=1S/C26H27FN2O4/c1-15-12-17(2-5-21(15)27)23-20-4-3-19(30)13-22(20)28-25(24(23)16-7-10-33-11-8-16)29-9-6-18(14-29)26(31)32/h2-5,12-13,16,18,30H,6-11,14H2,1H3,(H,31,32)/t18-/m1/s1. The van der Waals surface area contributed by atoms with Crippen LogP contribution in [0.5, 0.6) is 5.75 Å². The summed E-state index contributed by atoms with van der Waals surface area (Å²) in [6, 6.07) is 10.3. The highest BCUT2D eigenvalue weighted by atomic mass is 19.1. The Morgan fingerprint density at radius 2 is 1.94 bits per heavy atom. The highest BCUT2D eigenvalue weighted by Gasteiger charge is 2.34. The summed E-state index contributed by atoms with van der Waals surface area (Å²) in [4.78, 5) is 18.7. The van der Waals surface area contributed by atoms with Crippen LogP contribution in [-0.2, 0) is 9.53 Å². The third-order valence-electron chi connectivity index (χ3n) is 6.90. The molecular weight excluding hydrogens is 423 g/mol. The Morgan fingerprint density at radius 1 is 1.15 bits per heavy atom. The second kappa shape index (κ2) is 8.63. The van der Waals surface area contributed by atoms with Crippen LogP contribution in [0.25, 0.3) is 22.0 Å². The predicted molar refractivity (Wildman–Crippen MR) is 124 cm³/mol. The van der Waals surface area contributed by atoms with Crippen molar-refractivity contribution >= 4 is 22.7 Å². The molecule has 0 aliphatic carbocycles. The number of rotatable bonds is 4. The van der Waals surface area contributed by atoms with Crippen LogP contribution in [0.2, 0.25) is 0 Å². The third kappa shape index (κ3) is 4.02. The Hall–Kier alpha value is -3.19. The summed E-state index contributed by atoms with van der Waals surface area (Å²) in [5.41, 5.74) is 4.13. The lowest BCUT2D eigenvalue weighted by atomic mass is 9.83. The summed E-state index contributed by atoms with van der Waals surface area (Å²) < 4.78 is 19.8. The molecule has 0 unspecified atom stereocenters. The van der Waals surface area contributed by atoms with Crippen molar-refractivity contribution < 1.29 is 24.1 Å². The number of ether oxygens (including phenoxy) is 1. The van der Waals surface area contributed by atoms with Gasteiger partial charge in [-0.1, -0.05) is 6.07 Å². The van der Waals surface area contributed by atoms with Gasteiger partial charge in [-0.15, -0.1) is 0 Å². The molecule has 2 aromatic carbocycles. The van der Waals surface area contributed by atoms with Crippen molar-refractivity contribution in [2.75, 3.05) is 31.2 Å². The smallest absolute Gasteiger partial charge is 0.308 e. The number of benzene rings is 2. The largest absolute Gasteiger partial charge is 0.508 e. The summed E-state index contributed by atoms with van der Waals surface area (Å²) >= 11 is 0. The van der Waals surface area contributed by atoms with Gasteiger partial charge < -0.3 is 19.8 Å². The number of aliphatic carboxylic acids is 1. The van der Waals surface area contributed by atoms with Gasteiger partial charge in [0.25, 0.3) is 0 Å². The molecule has 0 amide bonds. The van der Waals surface area contributed by atoms with E-state index in [4.69, 9.17) is 9.72 Å². The zero-order valence-electron chi connectivity index (χ0n) is 18.6. The van der Waals surface area contributed by atoms with E-state index in [1.807, 2.05) is 12.1 Å². The number of nitrogens with zero attached hydrogens (tertiary/aromatic N) is 2. The normalized spacial score (nSPS) is 19.3. The molecule has 1 atom stereocenters. The fourth-order valence-corrected chi connectivity index (χ4v) is 5.13. The van der Waals surface area contributed by atoms with Crippen LogP contribution in [-0.4, -0.2) is 47.5 Å². The molecule has 2 aliphatic heterocycles. The van der Waals surface area contributed by atoms with Gasteiger partial charge in [0.1, 0.15) is 17.4 Å². The minimum absolute atomic E-state index is 0.117. The van der Waals surface area contributed by atoms with Crippen LogP contribution < -0.4 is 4.90 Å². The van der Waals surface area contributed by atoms with Crippen LogP contribution in [0.4, 0.5) is 10.2 Å². The molecular formula is C26H27FN2O4. The Morgan fingerprint density at radius 3 is 2.64 bits per heavy atom. The number of phenolic OH excluding ortho intramolecular Hbond substituents is 1. The van der Waals surface area contributed by atoms with Gasteiger partial charge in [-0.2, -0.15) is 0 Å². The number of fused-ring (bicyclic) bond motifs is 1. The van der Waals surface area contributed by atoms with E-state index in [0.29, 0.717) is 43.8 Å². The maximum absolute atomic E-state index is 14.2. The lowest BCUT2D eigenvalue weighted by Crippen LogP contribution is -2.26. The van der Waals surface area contributed by atoms with E-state index < -0.39 is 11.9 Å². The van der Waals surface area contributed by atoms with Gasteiger partial charge in [-0.3, -0.25) is 4.79 Å². The topological polar surface area (TPSA) is 82.9 Å². The number of hydrogen-bond acceptors (Lipinski definition) is 5. The lowest BCUT2D eigenvalue weighted by Gasteiger charge is -2.31.